The largest absolute Gasteiger partial charge is 0.333 e. The van der Waals surface area contributed by atoms with E-state index in [1.807, 2.05) is 32.0 Å². The van der Waals surface area contributed by atoms with Gasteiger partial charge < -0.3 is 10.2 Å². The minimum Gasteiger partial charge on any atom is -0.333 e. The van der Waals surface area contributed by atoms with E-state index in [0.29, 0.717) is 13.0 Å². The number of amides is 2. The molecule has 1 heterocycles. The molecule has 1 aromatic rings. The second-order valence-corrected chi connectivity index (χ2v) is 5.14. The summed E-state index contributed by atoms with van der Waals surface area (Å²) >= 11 is 0. The van der Waals surface area contributed by atoms with E-state index in [2.05, 4.69) is 5.32 Å². The van der Waals surface area contributed by atoms with E-state index in [-0.39, 0.29) is 18.4 Å². The van der Waals surface area contributed by atoms with E-state index in [0.717, 1.165) is 24.1 Å². The van der Waals surface area contributed by atoms with Crippen molar-refractivity contribution in [3.05, 3.63) is 29.3 Å². The van der Waals surface area contributed by atoms with Gasteiger partial charge in [0.25, 0.3) is 0 Å². The average molecular weight is 260 g/mol. The fourth-order valence-corrected chi connectivity index (χ4v) is 2.35. The van der Waals surface area contributed by atoms with Crippen LogP contribution in [0, 0.1) is 13.8 Å². The molecule has 0 atom stereocenters. The van der Waals surface area contributed by atoms with Gasteiger partial charge in [-0.3, -0.25) is 9.59 Å². The lowest BCUT2D eigenvalue weighted by Crippen LogP contribution is -2.40. The maximum Gasteiger partial charge on any atom is 0.244 e. The molecule has 0 bridgehead atoms. The van der Waals surface area contributed by atoms with Crippen LogP contribution in [0.25, 0.3) is 0 Å². The lowest BCUT2D eigenvalue weighted by Gasteiger charge is -2.26. The number of rotatable bonds is 3. The molecule has 0 spiro atoms. The standard InChI is InChI=1S/C15H20N2O2/c1-11-6-7-13(12(2)9-11)16-14(18)10-17-8-4-3-5-15(17)19/h6-7,9H,3-5,8,10H2,1-2H3,(H,16,18). The van der Waals surface area contributed by atoms with Crippen LogP contribution in [-0.4, -0.2) is 29.8 Å². The Balaban J connectivity index is 1.95. The van der Waals surface area contributed by atoms with Crippen molar-refractivity contribution >= 4 is 17.5 Å². The number of likely N-dealkylation sites (tertiary alicyclic amines) is 1. The third-order valence-corrected chi connectivity index (χ3v) is 3.41. The molecule has 0 aromatic heterocycles. The molecular formula is C15H20N2O2. The number of aryl methyl sites for hydroxylation is 2. The summed E-state index contributed by atoms with van der Waals surface area (Å²) in [5.41, 5.74) is 3.03. The van der Waals surface area contributed by atoms with Crippen molar-refractivity contribution < 1.29 is 9.59 Å². The van der Waals surface area contributed by atoms with Crippen LogP contribution in [0.5, 0.6) is 0 Å². The number of nitrogens with zero attached hydrogens (tertiary/aromatic N) is 1. The van der Waals surface area contributed by atoms with Crippen molar-refractivity contribution in [2.75, 3.05) is 18.4 Å². The summed E-state index contributed by atoms with van der Waals surface area (Å²) < 4.78 is 0. The number of carbonyl (C=O) groups is 2. The van der Waals surface area contributed by atoms with Crippen LogP contribution in [0.15, 0.2) is 18.2 Å². The predicted molar refractivity (Wildman–Crippen MR) is 75.0 cm³/mol. The van der Waals surface area contributed by atoms with Gasteiger partial charge in [0.15, 0.2) is 0 Å². The van der Waals surface area contributed by atoms with E-state index in [9.17, 15) is 9.59 Å². The van der Waals surface area contributed by atoms with Gasteiger partial charge in [-0.25, -0.2) is 0 Å². The molecule has 4 nitrogen and oxygen atoms in total. The Morgan fingerprint density at radius 2 is 2.11 bits per heavy atom. The lowest BCUT2D eigenvalue weighted by molar-refractivity contribution is -0.136. The van der Waals surface area contributed by atoms with E-state index >= 15 is 0 Å². The van der Waals surface area contributed by atoms with Crippen LogP contribution in [0.4, 0.5) is 5.69 Å². The zero-order chi connectivity index (χ0) is 13.8. The van der Waals surface area contributed by atoms with Gasteiger partial charge >= 0.3 is 0 Å². The number of nitrogens with one attached hydrogen (secondary N) is 1. The van der Waals surface area contributed by atoms with Gasteiger partial charge in [-0.15, -0.1) is 0 Å². The van der Waals surface area contributed by atoms with Crippen LogP contribution in [0.1, 0.15) is 30.4 Å². The number of anilines is 1. The van der Waals surface area contributed by atoms with Crippen LogP contribution in [0.3, 0.4) is 0 Å². The fraction of sp³-hybridized carbons (Fsp3) is 0.467. The van der Waals surface area contributed by atoms with Gasteiger partial charge in [-0.05, 0) is 38.3 Å². The molecule has 4 heteroatoms. The Bertz CT molecular complexity index is 497. The van der Waals surface area contributed by atoms with Crippen molar-refractivity contribution in [3.63, 3.8) is 0 Å². The van der Waals surface area contributed by atoms with Gasteiger partial charge in [0.05, 0.1) is 6.54 Å². The number of hydrogen-bond acceptors (Lipinski definition) is 2. The quantitative estimate of drug-likeness (QED) is 0.906. The van der Waals surface area contributed by atoms with Gasteiger partial charge in [-0.1, -0.05) is 17.7 Å². The molecule has 1 aliphatic heterocycles. The molecule has 19 heavy (non-hydrogen) atoms. The minimum atomic E-state index is -0.123. The molecule has 2 amide bonds. The summed E-state index contributed by atoms with van der Waals surface area (Å²) in [5, 5.41) is 2.87. The first kappa shape index (κ1) is 13.6. The predicted octanol–water partition coefficient (Wildman–Crippen LogP) is 2.25. The Morgan fingerprint density at radius 1 is 1.32 bits per heavy atom. The highest BCUT2D eigenvalue weighted by Gasteiger charge is 2.20. The summed E-state index contributed by atoms with van der Waals surface area (Å²) in [6.07, 6.45) is 2.49. The third kappa shape index (κ3) is 3.56. The molecule has 1 N–H and O–H groups in total. The lowest BCUT2D eigenvalue weighted by atomic mass is 10.1. The van der Waals surface area contributed by atoms with Gasteiger partial charge in [0.1, 0.15) is 0 Å². The van der Waals surface area contributed by atoms with Crippen molar-refractivity contribution in [2.24, 2.45) is 0 Å². The van der Waals surface area contributed by atoms with Crippen LogP contribution < -0.4 is 5.32 Å². The summed E-state index contributed by atoms with van der Waals surface area (Å²) in [5.74, 6) is -0.0377. The SMILES string of the molecule is Cc1ccc(NC(=O)CN2CCCCC2=O)c(C)c1. The molecule has 1 saturated heterocycles. The van der Waals surface area contributed by atoms with E-state index in [1.165, 1.54) is 5.56 Å². The fourth-order valence-electron chi connectivity index (χ4n) is 2.35. The van der Waals surface area contributed by atoms with Crippen molar-refractivity contribution in [2.45, 2.75) is 33.1 Å². The molecule has 1 aliphatic rings. The van der Waals surface area contributed by atoms with Crippen molar-refractivity contribution in [1.29, 1.82) is 0 Å². The van der Waals surface area contributed by atoms with Crippen molar-refractivity contribution in [1.82, 2.24) is 4.90 Å². The smallest absolute Gasteiger partial charge is 0.244 e. The highest BCUT2D eigenvalue weighted by molar-refractivity contribution is 5.95. The maximum absolute atomic E-state index is 12.0. The third-order valence-electron chi connectivity index (χ3n) is 3.41. The molecule has 1 fully saturated rings. The molecule has 2 rings (SSSR count). The van der Waals surface area contributed by atoms with E-state index < -0.39 is 0 Å². The van der Waals surface area contributed by atoms with E-state index in [4.69, 9.17) is 0 Å². The average Bonchev–Trinajstić information content (AvgIpc) is 2.36. The Kier molecular flexibility index (Phi) is 4.20. The summed E-state index contributed by atoms with van der Waals surface area (Å²) in [6.45, 7) is 4.84. The first-order valence-corrected chi connectivity index (χ1v) is 6.71. The highest BCUT2D eigenvalue weighted by atomic mass is 16.2. The van der Waals surface area contributed by atoms with Crippen LogP contribution in [0.2, 0.25) is 0 Å². The first-order valence-electron chi connectivity index (χ1n) is 6.71. The Labute approximate surface area is 113 Å². The molecular weight excluding hydrogens is 240 g/mol. The molecule has 0 unspecified atom stereocenters. The first-order chi connectivity index (χ1) is 9.06. The topological polar surface area (TPSA) is 49.4 Å². The number of carbonyl (C=O) groups excluding carboxylic acids is 2. The van der Waals surface area contributed by atoms with Crippen LogP contribution >= 0.6 is 0 Å². The minimum absolute atomic E-state index is 0.0852. The monoisotopic (exact) mass is 260 g/mol. The zero-order valence-electron chi connectivity index (χ0n) is 11.5. The second kappa shape index (κ2) is 5.87. The molecule has 0 radical (unpaired) electrons. The Morgan fingerprint density at radius 3 is 2.79 bits per heavy atom. The molecule has 0 aliphatic carbocycles. The number of hydrogen-bond donors (Lipinski definition) is 1. The van der Waals surface area contributed by atoms with Crippen molar-refractivity contribution in [3.8, 4) is 0 Å². The molecule has 102 valence electrons. The summed E-state index contributed by atoms with van der Waals surface area (Å²) in [6, 6.07) is 5.90. The van der Waals surface area contributed by atoms with E-state index in [1.54, 1.807) is 4.90 Å². The number of benzene rings is 1. The summed E-state index contributed by atoms with van der Waals surface area (Å²) in [7, 11) is 0. The van der Waals surface area contributed by atoms with Gasteiger partial charge in [0, 0.05) is 18.7 Å². The van der Waals surface area contributed by atoms with Gasteiger partial charge in [0.2, 0.25) is 11.8 Å². The molecule has 0 saturated carbocycles. The highest BCUT2D eigenvalue weighted by Crippen LogP contribution is 2.16. The Hall–Kier alpha value is -1.84. The normalized spacial score (nSPS) is 15.5. The zero-order valence-corrected chi connectivity index (χ0v) is 11.5. The number of piperidine rings is 1. The summed E-state index contributed by atoms with van der Waals surface area (Å²) in [4.78, 5) is 25.2. The van der Waals surface area contributed by atoms with Gasteiger partial charge in [-0.2, -0.15) is 0 Å². The maximum atomic E-state index is 12.0. The molecule has 1 aromatic carbocycles. The van der Waals surface area contributed by atoms with Crippen LogP contribution in [-0.2, 0) is 9.59 Å². The second-order valence-electron chi connectivity index (χ2n) is 5.14.